The van der Waals surface area contributed by atoms with Crippen LogP contribution in [0.4, 0.5) is 4.79 Å². The highest BCUT2D eigenvalue weighted by Crippen LogP contribution is 2.02. The largest absolute Gasteiger partial charge is 0.467 e. The van der Waals surface area contributed by atoms with Gasteiger partial charge in [0.1, 0.15) is 6.04 Å². The maximum atomic E-state index is 11.5. The summed E-state index contributed by atoms with van der Waals surface area (Å²) in [5.41, 5.74) is 0. The highest BCUT2D eigenvalue weighted by Gasteiger charge is 2.16. The van der Waals surface area contributed by atoms with Gasteiger partial charge < -0.3 is 15.4 Å². The van der Waals surface area contributed by atoms with Gasteiger partial charge in [0.05, 0.1) is 7.11 Å². The molecule has 0 bridgehead atoms. The molecular formula is C12H24N2O3. The van der Waals surface area contributed by atoms with Crippen LogP contribution < -0.4 is 10.6 Å². The van der Waals surface area contributed by atoms with Crippen LogP contribution in [0.15, 0.2) is 0 Å². The molecular weight excluding hydrogens is 220 g/mol. The van der Waals surface area contributed by atoms with Crippen molar-refractivity contribution in [2.24, 2.45) is 0 Å². The van der Waals surface area contributed by atoms with E-state index in [9.17, 15) is 9.59 Å². The lowest BCUT2D eigenvalue weighted by atomic mass is 10.1. The molecule has 0 aliphatic heterocycles. The normalized spacial score (nSPS) is 13.6. The molecule has 0 saturated heterocycles. The monoisotopic (exact) mass is 244 g/mol. The Morgan fingerprint density at radius 3 is 2.35 bits per heavy atom. The summed E-state index contributed by atoms with van der Waals surface area (Å²) in [5.74, 6) is -0.446. The van der Waals surface area contributed by atoms with E-state index in [1.54, 1.807) is 6.92 Å². The summed E-state index contributed by atoms with van der Waals surface area (Å²) < 4.78 is 4.52. The zero-order valence-corrected chi connectivity index (χ0v) is 11.2. The molecule has 0 saturated carbocycles. The van der Waals surface area contributed by atoms with Crippen molar-refractivity contribution in [1.29, 1.82) is 0 Å². The number of rotatable bonds is 7. The van der Waals surface area contributed by atoms with Gasteiger partial charge in [-0.2, -0.15) is 0 Å². The number of urea groups is 1. The minimum Gasteiger partial charge on any atom is -0.467 e. The maximum Gasteiger partial charge on any atom is 0.328 e. The van der Waals surface area contributed by atoms with E-state index in [4.69, 9.17) is 0 Å². The molecule has 2 N–H and O–H groups in total. The quantitative estimate of drug-likeness (QED) is 0.530. The fourth-order valence-corrected chi connectivity index (χ4v) is 1.47. The van der Waals surface area contributed by atoms with Gasteiger partial charge in [0, 0.05) is 6.04 Å². The zero-order chi connectivity index (χ0) is 13.3. The van der Waals surface area contributed by atoms with E-state index in [2.05, 4.69) is 22.3 Å². The molecule has 2 atom stereocenters. The third-order valence-corrected chi connectivity index (χ3v) is 2.52. The zero-order valence-electron chi connectivity index (χ0n) is 11.2. The van der Waals surface area contributed by atoms with Crippen LogP contribution in [-0.2, 0) is 9.53 Å². The number of carbonyl (C=O) groups is 2. The lowest BCUT2D eigenvalue weighted by molar-refractivity contribution is -0.142. The lowest BCUT2D eigenvalue weighted by Crippen LogP contribution is -2.47. The highest BCUT2D eigenvalue weighted by molar-refractivity contribution is 5.83. The third-order valence-electron chi connectivity index (χ3n) is 2.52. The lowest BCUT2D eigenvalue weighted by Gasteiger charge is -2.16. The minimum atomic E-state index is -0.622. The average molecular weight is 244 g/mol. The number of hydrogen-bond acceptors (Lipinski definition) is 3. The Morgan fingerprint density at radius 1 is 1.18 bits per heavy atom. The van der Waals surface area contributed by atoms with Crippen LogP contribution in [0.2, 0.25) is 0 Å². The molecule has 5 nitrogen and oxygen atoms in total. The molecule has 0 rings (SSSR count). The Bertz CT molecular complexity index is 244. The predicted molar refractivity (Wildman–Crippen MR) is 66.7 cm³/mol. The van der Waals surface area contributed by atoms with Crippen molar-refractivity contribution >= 4 is 12.0 Å². The Balaban J connectivity index is 3.81. The summed E-state index contributed by atoms with van der Waals surface area (Å²) in [6.45, 7) is 5.69. The van der Waals surface area contributed by atoms with Crippen LogP contribution in [-0.4, -0.2) is 31.2 Å². The molecule has 0 aromatic carbocycles. The number of nitrogens with one attached hydrogen (secondary N) is 2. The SMILES string of the molecule is CCCCC[C@H](C)NC(=O)N[C@@H](C)C(=O)OC. The van der Waals surface area contributed by atoms with E-state index in [-0.39, 0.29) is 12.1 Å². The molecule has 0 spiro atoms. The minimum absolute atomic E-state index is 0.117. The van der Waals surface area contributed by atoms with Crippen LogP contribution >= 0.6 is 0 Å². The molecule has 0 radical (unpaired) electrons. The van der Waals surface area contributed by atoms with Crippen molar-refractivity contribution in [3.63, 3.8) is 0 Å². The van der Waals surface area contributed by atoms with Crippen LogP contribution in [0.5, 0.6) is 0 Å². The fourth-order valence-electron chi connectivity index (χ4n) is 1.47. The van der Waals surface area contributed by atoms with Crippen molar-refractivity contribution in [3.05, 3.63) is 0 Å². The van der Waals surface area contributed by atoms with E-state index in [1.807, 2.05) is 6.92 Å². The van der Waals surface area contributed by atoms with E-state index in [1.165, 1.54) is 13.5 Å². The Morgan fingerprint density at radius 2 is 1.82 bits per heavy atom. The smallest absolute Gasteiger partial charge is 0.328 e. The van der Waals surface area contributed by atoms with Crippen LogP contribution in [0, 0.1) is 0 Å². The van der Waals surface area contributed by atoms with Crippen molar-refractivity contribution in [3.8, 4) is 0 Å². The number of hydrogen-bond donors (Lipinski definition) is 2. The van der Waals surface area contributed by atoms with E-state index in [0.717, 1.165) is 19.3 Å². The average Bonchev–Trinajstić information content (AvgIpc) is 2.27. The van der Waals surface area contributed by atoms with Crippen molar-refractivity contribution in [2.75, 3.05) is 7.11 Å². The van der Waals surface area contributed by atoms with Gasteiger partial charge in [0.2, 0.25) is 0 Å². The number of amides is 2. The van der Waals surface area contributed by atoms with Crippen LogP contribution in [0.3, 0.4) is 0 Å². The number of ether oxygens (including phenoxy) is 1. The molecule has 2 amide bonds. The van der Waals surface area contributed by atoms with Crippen molar-refractivity contribution in [2.45, 2.75) is 58.5 Å². The molecule has 0 aromatic rings. The van der Waals surface area contributed by atoms with Gasteiger partial charge >= 0.3 is 12.0 Å². The predicted octanol–water partition coefficient (Wildman–Crippen LogP) is 1.82. The first-order chi connectivity index (χ1) is 8.01. The summed E-state index contributed by atoms with van der Waals surface area (Å²) in [6, 6.07) is -0.832. The second kappa shape index (κ2) is 8.84. The van der Waals surface area contributed by atoms with Gasteiger partial charge in [-0.05, 0) is 20.3 Å². The number of carbonyl (C=O) groups excluding carboxylic acids is 2. The molecule has 5 heteroatoms. The molecule has 0 heterocycles. The summed E-state index contributed by atoms with van der Waals surface area (Å²) in [5, 5.41) is 5.32. The highest BCUT2D eigenvalue weighted by atomic mass is 16.5. The molecule has 0 aliphatic rings. The summed E-state index contributed by atoms with van der Waals surface area (Å²) >= 11 is 0. The first kappa shape index (κ1) is 15.7. The summed E-state index contributed by atoms with van der Waals surface area (Å²) in [7, 11) is 1.30. The number of esters is 1. The summed E-state index contributed by atoms with van der Waals surface area (Å²) in [6.07, 6.45) is 4.39. The summed E-state index contributed by atoms with van der Waals surface area (Å²) in [4.78, 5) is 22.6. The Labute approximate surface area is 103 Å². The Hall–Kier alpha value is -1.26. The van der Waals surface area contributed by atoms with Gasteiger partial charge in [0.25, 0.3) is 0 Å². The molecule has 0 unspecified atom stereocenters. The Kier molecular flexibility index (Phi) is 8.19. The molecule has 100 valence electrons. The first-order valence-electron chi connectivity index (χ1n) is 6.16. The van der Waals surface area contributed by atoms with Gasteiger partial charge in [-0.3, -0.25) is 0 Å². The standard InChI is InChI=1S/C12H24N2O3/c1-5-6-7-8-9(2)13-12(16)14-10(3)11(15)17-4/h9-10H,5-8H2,1-4H3,(H2,13,14,16)/t9-,10-/m0/s1. The second-order valence-corrected chi connectivity index (χ2v) is 4.26. The van der Waals surface area contributed by atoms with Gasteiger partial charge in [0.15, 0.2) is 0 Å². The number of methoxy groups -OCH3 is 1. The first-order valence-corrected chi connectivity index (χ1v) is 6.16. The fraction of sp³-hybridized carbons (Fsp3) is 0.833. The van der Waals surface area contributed by atoms with Gasteiger partial charge in [-0.1, -0.05) is 26.2 Å². The van der Waals surface area contributed by atoms with Crippen LogP contribution in [0.1, 0.15) is 46.5 Å². The second-order valence-electron chi connectivity index (χ2n) is 4.26. The number of unbranched alkanes of at least 4 members (excludes halogenated alkanes) is 2. The van der Waals surface area contributed by atoms with Crippen LogP contribution in [0.25, 0.3) is 0 Å². The van der Waals surface area contributed by atoms with E-state index in [0.29, 0.717) is 0 Å². The molecule has 17 heavy (non-hydrogen) atoms. The van der Waals surface area contributed by atoms with E-state index >= 15 is 0 Å². The molecule has 0 aromatic heterocycles. The van der Waals surface area contributed by atoms with Crippen molar-refractivity contribution < 1.29 is 14.3 Å². The van der Waals surface area contributed by atoms with E-state index < -0.39 is 12.0 Å². The third kappa shape index (κ3) is 7.60. The van der Waals surface area contributed by atoms with Gasteiger partial charge in [-0.25, -0.2) is 9.59 Å². The topological polar surface area (TPSA) is 67.4 Å². The van der Waals surface area contributed by atoms with Gasteiger partial charge in [-0.15, -0.1) is 0 Å². The molecule has 0 fully saturated rings. The maximum absolute atomic E-state index is 11.5. The molecule has 0 aliphatic carbocycles. The van der Waals surface area contributed by atoms with Crippen molar-refractivity contribution in [1.82, 2.24) is 10.6 Å².